The predicted octanol–water partition coefficient (Wildman–Crippen LogP) is 1.79. The molecule has 3 atom stereocenters. The van der Waals surface area contributed by atoms with Crippen LogP contribution in [0.1, 0.15) is 39.5 Å². The summed E-state index contributed by atoms with van der Waals surface area (Å²) in [6.07, 6.45) is 4.29. The van der Waals surface area contributed by atoms with Crippen molar-refractivity contribution in [3.8, 4) is 0 Å². The fourth-order valence-corrected chi connectivity index (χ4v) is 3.75. The van der Waals surface area contributed by atoms with Gasteiger partial charge in [0.1, 0.15) is 0 Å². The highest BCUT2D eigenvalue weighted by Crippen LogP contribution is 2.26. The van der Waals surface area contributed by atoms with Gasteiger partial charge < -0.3 is 5.11 Å². The molecule has 0 aromatic carbocycles. The highest BCUT2D eigenvalue weighted by atomic mass is 32.2. The second-order valence-electron chi connectivity index (χ2n) is 4.07. The van der Waals surface area contributed by atoms with Crippen molar-refractivity contribution >= 4 is 16.8 Å². The quantitative estimate of drug-likeness (QED) is 0.782. The second kappa shape index (κ2) is 4.91. The molecule has 0 bridgehead atoms. The molecule has 0 heterocycles. The van der Waals surface area contributed by atoms with E-state index < -0.39 is 22.7 Å². The molecule has 1 aliphatic carbocycles. The number of carboxylic acid groups (broad SMARTS) is 1. The maximum absolute atomic E-state index is 11.9. The van der Waals surface area contributed by atoms with Crippen molar-refractivity contribution in [2.24, 2.45) is 5.92 Å². The van der Waals surface area contributed by atoms with Gasteiger partial charge in [0.2, 0.25) is 0 Å². The Kier molecular flexibility index (Phi) is 4.11. The van der Waals surface area contributed by atoms with Gasteiger partial charge in [-0.15, -0.1) is 0 Å². The van der Waals surface area contributed by atoms with Crippen LogP contribution in [0.3, 0.4) is 0 Å². The predicted molar refractivity (Wildman–Crippen MR) is 56.7 cm³/mol. The SMILES string of the molecule is CC(C(=O)O)C(C)S(=O)C1CCCC1. The lowest BCUT2D eigenvalue weighted by Crippen LogP contribution is -2.31. The van der Waals surface area contributed by atoms with Gasteiger partial charge in [0.15, 0.2) is 0 Å². The largest absolute Gasteiger partial charge is 0.481 e. The average Bonchev–Trinajstić information content (AvgIpc) is 2.67. The van der Waals surface area contributed by atoms with E-state index in [-0.39, 0.29) is 10.5 Å². The monoisotopic (exact) mass is 218 g/mol. The van der Waals surface area contributed by atoms with Crippen LogP contribution < -0.4 is 0 Å². The van der Waals surface area contributed by atoms with E-state index >= 15 is 0 Å². The topological polar surface area (TPSA) is 54.4 Å². The maximum Gasteiger partial charge on any atom is 0.307 e. The minimum absolute atomic E-state index is 0.226. The van der Waals surface area contributed by atoms with Crippen LogP contribution in [-0.4, -0.2) is 25.8 Å². The first kappa shape index (κ1) is 11.7. The first-order chi connectivity index (χ1) is 6.54. The number of rotatable bonds is 4. The smallest absolute Gasteiger partial charge is 0.307 e. The van der Waals surface area contributed by atoms with Gasteiger partial charge in [0.05, 0.1) is 5.92 Å². The minimum atomic E-state index is -0.972. The summed E-state index contributed by atoms with van der Waals surface area (Å²) in [5, 5.41) is 8.83. The third kappa shape index (κ3) is 2.56. The molecule has 3 nitrogen and oxygen atoms in total. The van der Waals surface area contributed by atoms with E-state index in [4.69, 9.17) is 5.11 Å². The first-order valence-electron chi connectivity index (χ1n) is 5.16. The van der Waals surface area contributed by atoms with Crippen molar-refractivity contribution in [2.45, 2.75) is 50.0 Å². The van der Waals surface area contributed by atoms with E-state index in [1.165, 1.54) is 0 Å². The number of aliphatic carboxylic acids is 1. The standard InChI is InChI=1S/C10H18O3S/c1-7(10(11)12)8(2)14(13)9-5-3-4-6-9/h7-9H,3-6H2,1-2H3,(H,11,12). The van der Waals surface area contributed by atoms with Crippen molar-refractivity contribution in [1.82, 2.24) is 0 Å². The molecule has 0 amide bonds. The third-order valence-electron chi connectivity index (χ3n) is 3.09. The van der Waals surface area contributed by atoms with Crippen molar-refractivity contribution in [3.05, 3.63) is 0 Å². The van der Waals surface area contributed by atoms with E-state index in [2.05, 4.69) is 0 Å². The summed E-state index contributed by atoms with van der Waals surface area (Å²) in [7, 11) is -0.972. The summed E-state index contributed by atoms with van der Waals surface area (Å²) in [5.41, 5.74) is 0. The lowest BCUT2D eigenvalue weighted by molar-refractivity contribution is -0.141. The van der Waals surface area contributed by atoms with Gasteiger partial charge in [-0.25, -0.2) is 0 Å². The molecule has 1 N–H and O–H groups in total. The molecule has 3 unspecified atom stereocenters. The minimum Gasteiger partial charge on any atom is -0.481 e. The lowest BCUT2D eigenvalue weighted by Gasteiger charge is -2.19. The van der Waals surface area contributed by atoms with Crippen LogP contribution in [0.2, 0.25) is 0 Å². The van der Waals surface area contributed by atoms with E-state index in [0.29, 0.717) is 0 Å². The highest BCUT2D eigenvalue weighted by Gasteiger charge is 2.31. The van der Waals surface area contributed by atoms with Crippen molar-refractivity contribution in [2.75, 3.05) is 0 Å². The Hall–Kier alpha value is -0.380. The highest BCUT2D eigenvalue weighted by molar-refractivity contribution is 7.86. The van der Waals surface area contributed by atoms with Crippen molar-refractivity contribution < 1.29 is 14.1 Å². The van der Waals surface area contributed by atoms with Gasteiger partial charge in [-0.3, -0.25) is 9.00 Å². The van der Waals surface area contributed by atoms with Crippen LogP contribution in [0.15, 0.2) is 0 Å². The summed E-state index contributed by atoms with van der Waals surface area (Å²) in [4.78, 5) is 10.7. The Morgan fingerprint density at radius 2 is 1.86 bits per heavy atom. The number of hydrogen-bond donors (Lipinski definition) is 1. The second-order valence-corrected chi connectivity index (χ2v) is 6.13. The molecule has 4 heteroatoms. The molecule has 1 saturated carbocycles. The van der Waals surface area contributed by atoms with Crippen LogP contribution in [0.5, 0.6) is 0 Å². The first-order valence-corrected chi connectivity index (χ1v) is 6.44. The Balaban J connectivity index is 2.54. The van der Waals surface area contributed by atoms with Gasteiger partial charge >= 0.3 is 5.97 Å². The van der Waals surface area contributed by atoms with Crippen LogP contribution in [0, 0.1) is 5.92 Å². The van der Waals surface area contributed by atoms with Crippen molar-refractivity contribution in [3.63, 3.8) is 0 Å². The van der Waals surface area contributed by atoms with Crippen molar-refractivity contribution in [1.29, 1.82) is 0 Å². The zero-order valence-electron chi connectivity index (χ0n) is 8.73. The Morgan fingerprint density at radius 1 is 1.36 bits per heavy atom. The Bertz CT molecular complexity index is 234. The zero-order valence-corrected chi connectivity index (χ0v) is 9.55. The molecular weight excluding hydrogens is 200 g/mol. The van der Waals surface area contributed by atoms with Gasteiger partial charge in [-0.1, -0.05) is 19.8 Å². The number of carboxylic acids is 1. The van der Waals surface area contributed by atoms with Crippen LogP contribution >= 0.6 is 0 Å². The summed E-state index contributed by atoms with van der Waals surface area (Å²) in [6.45, 7) is 3.42. The molecule has 0 aromatic heterocycles. The van der Waals surface area contributed by atoms with Gasteiger partial charge in [-0.2, -0.15) is 0 Å². The zero-order chi connectivity index (χ0) is 10.7. The van der Waals surface area contributed by atoms with E-state index in [9.17, 15) is 9.00 Å². The summed E-state index contributed by atoms with van der Waals surface area (Å²) in [5.74, 6) is -1.35. The lowest BCUT2D eigenvalue weighted by atomic mass is 10.1. The van der Waals surface area contributed by atoms with Gasteiger partial charge in [-0.05, 0) is 19.8 Å². The van der Waals surface area contributed by atoms with Crippen LogP contribution in [-0.2, 0) is 15.6 Å². The molecular formula is C10H18O3S. The van der Waals surface area contributed by atoms with E-state index in [0.717, 1.165) is 25.7 Å². The summed E-state index contributed by atoms with van der Waals surface area (Å²) >= 11 is 0. The van der Waals surface area contributed by atoms with Gasteiger partial charge in [0, 0.05) is 21.3 Å². The Morgan fingerprint density at radius 3 is 2.29 bits per heavy atom. The Labute approximate surface area is 87.3 Å². The van der Waals surface area contributed by atoms with Crippen LogP contribution in [0.25, 0.3) is 0 Å². The molecule has 14 heavy (non-hydrogen) atoms. The molecule has 0 spiro atoms. The molecule has 1 aliphatic rings. The average molecular weight is 218 g/mol. The van der Waals surface area contributed by atoms with Gasteiger partial charge in [0.25, 0.3) is 0 Å². The number of hydrogen-bond acceptors (Lipinski definition) is 2. The fourth-order valence-electron chi connectivity index (χ4n) is 1.83. The molecule has 1 rings (SSSR count). The molecule has 0 saturated heterocycles. The maximum atomic E-state index is 11.9. The van der Waals surface area contributed by atoms with Crippen LogP contribution in [0.4, 0.5) is 0 Å². The molecule has 82 valence electrons. The third-order valence-corrected chi connectivity index (χ3v) is 5.36. The normalized spacial score (nSPS) is 24.4. The summed E-state index contributed by atoms with van der Waals surface area (Å²) < 4.78 is 11.9. The van der Waals surface area contributed by atoms with E-state index in [1.54, 1.807) is 13.8 Å². The molecule has 0 aliphatic heterocycles. The van der Waals surface area contributed by atoms with E-state index in [1.807, 2.05) is 0 Å². The fraction of sp³-hybridized carbons (Fsp3) is 0.900. The molecule has 1 fully saturated rings. The summed E-state index contributed by atoms with van der Waals surface area (Å²) in [6, 6.07) is 0. The number of carbonyl (C=O) groups is 1. The molecule has 0 aromatic rings. The molecule has 0 radical (unpaired) electrons.